The van der Waals surface area contributed by atoms with E-state index >= 15 is 0 Å². The average Bonchev–Trinajstić information content (AvgIpc) is 2.37. The molecule has 72 valence electrons. The molecule has 0 saturated heterocycles. The van der Waals surface area contributed by atoms with E-state index in [9.17, 15) is 4.79 Å². The van der Waals surface area contributed by atoms with Crippen molar-refractivity contribution >= 4 is 5.97 Å². The molecular weight excluding hydrogens is 170 g/mol. The molecule has 0 aliphatic rings. The van der Waals surface area contributed by atoms with E-state index < -0.39 is 11.9 Å². The van der Waals surface area contributed by atoms with Crippen LogP contribution in [0.3, 0.4) is 0 Å². The van der Waals surface area contributed by atoms with Gasteiger partial charge in [0.2, 0.25) is 0 Å². The summed E-state index contributed by atoms with van der Waals surface area (Å²) in [5.41, 5.74) is 1.60. The van der Waals surface area contributed by atoms with Gasteiger partial charge in [-0.1, -0.05) is 12.1 Å². The molecule has 0 amide bonds. The highest BCUT2D eigenvalue weighted by Gasteiger charge is 2.24. The van der Waals surface area contributed by atoms with Gasteiger partial charge in [0, 0.05) is 5.56 Å². The van der Waals surface area contributed by atoms with Crippen molar-refractivity contribution in [2.75, 3.05) is 0 Å². The number of carboxylic acids is 1. The van der Waals surface area contributed by atoms with Crippen molar-refractivity contribution < 1.29 is 14.4 Å². The third-order valence-electron chi connectivity index (χ3n) is 2.22. The van der Waals surface area contributed by atoms with Gasteiger partial charge < -0.3 is 9.63 Å². The zero-order chi connectivity index (χ0) is 10.0. The maximum atomic E-state index is 10.8. The molecule has 0 radical (unpaired) electrons. The number of hydrogen-bond donors (Lipinski definition) is 1. The summed E-state index contributed by atoms with van der Waals surface area (Å²) in [5.74, 6) is -0.949. The minimum atomic E-state index is -0.859. The van der Waals surface area contributed by atoms with Crippen molar-refractivity contribution in [1.29, 1.82) is 0 Å². The molecule has 1 N–H and O–H groups in total. The number of aromatic nitrogens is 1. The molecule has 1 heterocycles. The summed E-state index contributed by atoms with van der Waals surface area (Å²) >= 11 is 0. The summed E-state index contributed by atoms with van der Waals surface area (Å²) in [6, 6.07) is 0. The number of rotatable bonds is 3. The molecule has 1 atom stereocenters. The van der Waals surface area contributed by atoms with Crippen LogP contribution < -0.4 is 0 Å². The zero-order valence-electron chi connectivity index (χ0n) is 8.00. The summed E-state index contributed by atoms with van der Waals surface area (Å²) < 4.78 is 4.98. The number of nitrogens with zero attached hydrogens (tertiary/aromatic N) is 1. The fraction of sp³-hybridized carbons (Fsp3) is 0.556. The van der Waals surface area contributed by atoms with E-state index in [-0.39, 0.29) is 0 Å². The predicted molar refractivity (Wildman–Crippen MR) is 46.6 cm³/mol. The minimum absolute atomic E-state index is 0.479. The van der Waals surface area contributed by atoms with Gasteiger partial charge in [0.25, 0.3) is 0 Å². The van der Waals surface area contributed by atoms with Gasteiger partial charge in [0.1, 0.15) is 5.92 Å². The van der Waals surface area contributed by atoms with Crippen LogP contribution >= 0.6 is 0 Å². The van der Waals surface area contributed by atoms with E-state index in [0.717, 1.165) is 11.3 Å². The second-order valence-electron chi connectivity index (χ2n) is 3.06. The lowest BCUT2D eigenvalue weighted by molar-refractivity contribution is -0.139. The first-order chi connectivity index (χ1) is 6.07. The Kier molecular flexibility index (Phi) is 2.70. The normalized spacial score (nSPS) is 12.8. The Bertz CT molecular complexity index is 317. The SMILES string of the molecule is CCC(C(=O)O)c1onc(C)c1C. The Hall–Kier alpha value is -1.32. The van der Waals surface area contributed by atoms with Crippen LogP contribution in [0.5, 0.6) is 0 Å². The van der Waals surface area contributed by atoms with E-state index in [0.29, 0.717) is 12.2 Å². The number of carboxylic acid groups (broad SMARTS) is 1. The molecule has 0 fully saturated rings. The standard InChI is InChI=1S/C9H13NO3/c1-4-7(9(11)12)8-5(2)6(3)10-13-8/h7H,4H2,1-3H3,(H,11,12). The van der Waals surface area contributed by atoms with E-state index in [1.807, 2.05) is 13.8 Å². The monoisotopic (exact) mass is 183 g/mol. The Labute approximate surface area is 76.5 Å². The Balaban J connectivity index is 3.05. The van der Waals surface area contributed by atoms with E-state index in [4.69, 9.17) is 9.63 Å². The maximum absolute atomic E-state index is 10.8. The van der Waals surface area contributed by atoms with Crippen molar-refractivity contribution in [2.45, 2.75) is 33.1 Å². The van der Waals surface area contributed by atoms with Crippen LogP contribution in [0.15, 0.2) is 4.52 Å². The quantitative estimate of drug-likeness (QED) is 0.776. The molecule has 4 nitrogen and oxygen atoms in total. The van der Waals surface area contributed by atoms with Crippen LogP contribution in [0.4, 0.5) is 0 Å². The van der Waals surface area contributed by atoms with Crippen LogP contribution in [0.25, 0.3) is 0 Å². The molecule has 0 aromatic carbocycles. The lowest BCUT2D eigenvalue weighted by Gasteiger charge is -2.05. The fourth-order valence-corrected chi connectivity index (χ4v) is 1.23. The highest BCUT2D eigenvalue weighted by Crippen LogP contribution is 2.24. The van der Waals surface area contributed by atoms with Gasteiger partial charge in [-0.15, -0.1) is 0 Å². The number of aliphatic carboxylic acids is 1. The van der Waals surface area contributed by atoms with E-state index in [1.165, 1.54) is 0 Å². The molecular formula is C9H13NO3. The van der Waals surface area contributed by atoms with Gasteiger partial charge in [0.05, 0.1) is 5.69 Å². The lowest BCUT2D eigenvalue weighted by Crippen LogP contribution is -2.10. The zero-order valence-corrected chi connectivity index (χ0v) is 8.00. The smallest absolute Gasteiger partial charge is 0.314 e. The molecule has 0 bridgehead atoms. The Morgan fingerprint density at radius 2 is 2.23 bits per heavy atom. The molecule has 1 aromatic rings. The van der Waals surface area contributed by atoms with Crippen molar-refractivity contribution in [2.24, 2.45) is 0 Å². The van der Waals surface area contributed by atoms with Gasteiger partial charge in [-0.2, -0.15) is 0 Å². The molecule has 1 unspecified atom stereocenters. The molecule has 0 aliphatic carbocycles. The first-order valence-electron chi connectivity index (χ1n) is 4.23. The summed E-state index contributed by atoms with van der Waals surface area (Å²) in [5, 5.41) is 12.6. The van der Waals surface area contributed by atoms with Crippen LogP contribution in [-0.4, -0.2) is 16.2 Å². The van der Waals surface area contributed by atoms with Gasteiger partial charge >= 0.3 is 5.97 Å². The van der Waals surface area contributed by atoms with Gasteiger partial charge in [-0.25, -0.2) is 0 Å². The topological polar surface area (TPSA) is 63.3 Å². The number of carbonyl (C=O) groups is 1. The first-order valence-corrected chi connectivity index (χ1v) is 4.23. The van der Waals surface area contributed by atoms with Crippen molar-refractivity contribution in [3.05, 3.63) is 17.0 Å². The van der Waals surface area contributed by atoms with Gasteiger partial charge in [-0.3, -0.25) is 4.79 Å². The minimum Gasteiger partial charge on any atom is -0.481 e. The van der Waals surface area contributed by atoms with Gasteiger partial charge in [-0.05, 0) is 20.3 Å². The molecule has 4 heteroatoms. The second kappa shape index (κ2) is 3.60. The predicted octanol–water partition coefficient (Wildman–Crippen LogP) is 1.87. The van der Waals surface area contributed by atoms with Crippen molar-refractivity contribution in [3.8, 4) is 0 Å². The third kappa shape index (κ3) is 1.71. The molecule has 0 aliphatic heterocycles. The molecule has 13 heavy (non-hydrogen) atoms. The van der Waals surface area contributed by atoms with Crippen LogP contribution in [-0.2, 0) is 4.79 Å². The molecule has 1 rings (SSSR count). The number of aryl methyl sites for hydroxylation is 1. The van der Waals surface area contributed by atoms with Crippen LogP contribution in [0, 0.1) is 13.8 Å². The Morgan fingerprint density at radius 3 is 2.54 bits per heavy atom. The van der Waals surface area contributed by atoms with Crippen LogP contribution in [0.1, 0.15) is 36.3 Å². The fourth-order valence-electron chi connectivity index (χ4n) is 1.23. The summed E-state index contributed by atoms with van der Waals surface area (Å²) in [4.78, 5) is 10.8. The summed E-state index contributed by atoms with van der Waals surface area (Å²) in [6.45, 7) is 5.44. The third-order valence-corrected chi connectivity index (χ3v) is 2.22. The summed E-state index contributed by atoms with van der Waals surface area (Å²) in [7, 11) is 0. The van der Waals surface area contributed by atoms with Crippen molar-refractivity contribution in [1.82, 2.24) is 5.16 Å². The van der Waals surface area contributed by atoms with E-state index in [2.05, 4.69) is 5.16 Å². The highest BCUT2D eigenvalue weighted by atomic mass is 16.5. The number of hydrogen-bond acceptors (Lipinski definition) is 3. The van der Waals surface area contributed by atoms with Crippen LogP contribution in [0.2, 0.25) is 0 Å². The second-order valence-corrected chi connectivity index (χ2v) is 3.06. The van der Waals surface area contributed by atoms with E-state index in [1.54, 1.807) is 6.92 Å². The largest absolute Gasteiger partial charge is 0.481 e. The molecule has 0 saturated carbocycles. The van der Waals surface area contributed by atoms with Gasteiger partial charge in [0.15, 0.2) is 5.76 Å². The Morgan fingerprint density at radius 1 is 1.62 bits per heavy atom. The molecule has 1 aromatic heterocycles. The first kappa shape index (κ1) is 9.77. The summed E-state index contributed by atoms with van der Waals surface area (Å²) in [6.07, 6.45) is 0.519. The average molecular weight is 183 g/mol. The maximum Gasteiger partial charge on any atom is 0.314 e. The van der Waals surface area contributed by atoms with Crippen molar-refractivity contribution in [3.63, 3.8) is 0 Å². The highest BCUT2D eigenvalue weighted by molar-refractivity contribution is 5.75. The molecule has 0 spiro atoms. The lowest BCUT2D eigenvalue weighted by atomic mass is 10.00.